The first kappa shape index (κ1) is 18.3. The van der Waals surface area contributed by atoms with Crippen molar-refractivity contribution in [2.45, 2.75) is 0 Å². The molecule has 0 amide bonds. The Morgan fingerprint density at radius 3 is 1.79 bits per heavy atom. The van der Waals surface area contributed by atoms with Gasteiger partial charge in [0.15, 0.2) is 0 Å². The van der Waals surface area contributed by atoms with Gasteiger partial charge in [-0.2, -0.15) is 0 Å². The first-order valence-corrected chi connectivity index (χ1v) is 12.4. The molecule has 1 nitrogen and oxygen atoms in total. The standard InChI is InChI=1S/C32H19NS/c1-2-10-20(11-3-1)33-30-25-16-7-5-13-22(25)21-12-4-6-15-24(21)29(30)27-19-18-26-23-14-8-9-17-28(23)34-32(26)31(27)33/h1-19H. The molecule has 0 atom stereocenters. The van der Waals surface area contributed by atoms with Crippen LogP contribution in [0.15, 0.2) is 115 Å². The fourth-order valence-corrected chi connectivity index (χ4v) is 7.01. The Morgan fingerprint density at radius 1 is 0.412 bits per heavy atom. The van der Waals surface area contributed by atoms with Gasteiger partial charge < -0.3 is 4.57 Å². The molecule has 0 saturated carbocycles. The van der Waals surface area contributed by atoms with Crippen molar-refractivity contribution < 1.29 is 0 Å². The highest BCUT2D eigenvalue weighted by molar-refractivity contribution is 7.26. The summed E-state index contributed by atoms with van der Waals surface area (Å²) in [6.07, 6.45) is 0. The van der Waals surface area contributed by atoms with E-state index in [0.29, 0.717) is 0 Å². The quantitative estimate of drug-likeness (QED) is 0.220. The highest BCUT2D eigenvalue weighted by Gasteiger charge is 2.21. The molecule has 0 spiro atoms. The van der Waals surface area contributed by atoms with Crippen molar-refractivity contribution >= 4 is 74.9 Å². The molecule has 6 aromatic carbocycles. The topological polar surface area (TPSA) is 4.93 Å². The molecule has 0 bridgehead atoms. The van der Waals surface area contributed by atoms with Gasteiger partial charge >= 0.3 is 0 Å². The van der Waals surface area contributed by atoms with Gasteiger partial charge in [0, 0.05) is 37.3 Å². The highest BCUT2D eigenvalue weighted by atomic mass is 32.1. The lowest BCUT2D eigenvalue weighted by Gasteiger charge is -2.12. The molecule has 0 aliphatic carbocycles. The van der Waals surface area contributed by atoms with E-state index in [4.69, 9.17) is 0 Å². The van der Waals surface area contributed by atoms with Crippen LogP contribution in [0.2, 0.25) is 0 Å². The fraction of sp³-hybridized carbons (Fsp3) is 0. The van der Waals surface area contributed by atoms with Crippen molar-refractivity contribution in [1.29, 1.82) is 0 Å². The van der Waals surface area contributed by atoms with Crippen molar-refractivity contribution in [3.05, 3.63) is 115 Å². The minimum Gasteiger partial charge on any atom is -0.307 e. The van der Waals surface area contributed by atoms with E-state index in [2.05, 4.69) is 120 Å². The molecule has 0 unspecified atom stereocenters. The van der Waals surface area contributed by atoms with Crippen molar-refractivity contribution in [3.63, 3.8) is 0 Å². The van der Waals surface area contributed by atoms with Crippen LogP contribution >= 0.6 is 11.3 Å². The zero-order valence-electron chi connectivity index (χ0n) is 18.3. The van der Waals surface area contributed by atoms with Crippen molar-refractivity contribution in [2.75, 3.05) is 0 Å². The summed E-state index contributed by atoms with van der Waals surface area (Å²) in [6, 6.07) is 42.0. The number of rotatable bonds is 1. The lowest BCUT2D eigenvalue weighted by Crippen LogP contribution is -1.94. The first-order chi connectivity index (χ1) is 16.9. The minimum absolute atomic E-state index is 1.20. The highest BCUT2D eigenvalue weighted by Crippen LogP contribution is 2.46. The number of fused-ring (bicyclic) bond motifs is 12. The van der Waals surface area contributed by atoms with Gasteiger partial charge in [0.1, 0.15) is 0 Å². The minimum atomic E-state index is 1.20. The van der Waals surface area contributed by atoms with Crippen LogP contribution in [-0.4, -0.2) is 4.57 Å². The van der Waals surface area contributed by atoms with Crippen LogP contribution in [0.3, 0.4) is 0 Å². The summed E-state index contributed by atoms with van der Waals surface area (Å²) >= 11 is 1.91. The maximum atomic E-state index is 2.51. The van der Waals surface area contributed by atoms with Gasteiger partial charge in [-0.05, 0) is 34.4 Å². The smallest absolute Gasteiger partial charge is 0.0720 e. The van der Waals surface area contributed by atoms with E-state index < -0.39 is 0 Å². The largest absolute Gasteiger partial charge is 0.307 e. The van der Waals surface area contributed by atoms with E-state index in [1.807, 2.05) is 11.3 Å². The molecule has 8 aromatic rings. The number of nitrogens with zero attached hydrogens (tertiary/aromatic N) is 1. The van der Waals surface area contributed by atoms with Crippen molar-refractivity contribution in [1.82, 2.24) is 4.57 Å². The molecule has 34 heavy (non-hydrogen) atoms. The zero-order valence-corrected chi connectivity index (χ0v) is 19.1. The van der Waals surface area contributed by atoms with Gasteiger partial charge in [-0.15, -0.1) is 11.3 Å². The molecular weight excluding hydrogens is 430 g/mol. The van der Waals surface area contributed by atoms with Crippen LogP contribution < -0.4 is 0 Å². The molecular formula is C32H19NS. The summed E-state index contributed by atoms with van der Waals surface area (Å²) in [5.74, 6) is 0. The first-order valence-electron chi connectivity index (χ1n) is 11.6. The second-order valence-corrected chi connectivity index (χ2v) is 9.97. The fourth-order valence-electron chi connectivity index (χ4n) is 5.77. The SMILES string of the molecule is c1ccc(-n2c3c(ccc4c5ccccc5sc43)c3c4ccccc4c4ccccc4c32)cc1. The Kier molecular flexibility index (Phi) is 3.60. The molecule has 0 aliphatic heterocycles. The Labute approximate surface area is 200 Å². The van der Waals surface area contributed by atoms with Gasteiger partial charge in [0.25, 0.3) is 0 Å². The molecule has 0 saturated heterocycles. The second-order valence-electron chi connectivity index (χ2n) is 8.92. The summed E-state index contributed by atoms with van der Waals surface area (Å²) in [7, 11) is 0. The summed E-state index contributed by atoms with van der Waals surface area (Å²) in [5, 5.41) is 10.6. The molecule has 2 aromatic heterocycles. The van der Waals surface area contributed by atoms with E-state index in [1.165, 1.54) is 69.2 Å². The second kappa shape index (κ2) is 6.69. The number of aromatic nitrogens is 1. The van der Waals surface area contributed by atoms with E-state index in [0.717, 1.165) is 0 Å². The Hall–Kier alpha value is -4.14. The summed E-state index contributed by atoms with van der Waals surface area (Å²) in [4.78, 5) is 0. The van der Waals surface area contributed by atoms with Crippen LogP contribution in [0.4, 0.5) is 0 Å². The summed E-state index contributed by atoms with van der Waals surface area (Å²) in [6.45, 7) is 0. The van der Waals surface area contributed by atoms with Crippen LogP contribution in [0.25, 0.3) is 69.2 Å². The molecule has 2 heteroatoms. The number of thiophene rings is 1. The Balaban J connectivity index is 1.76. The Bertz CT molecular complexity index is 2060. The average molecular weight is 450 g/mol. The third kappa shape index (κ3) is 2.28. The third-order valence-electron chi connectivity index (χ3n) is 7.16. The normalized spacial score (nSPS) is 12.1. The predicted molar refractivity (Wildman–Crippen MR) is 149 cm³/mol. The van der Waals surface area contributed by atoms with Crippen LogP contribution in [0.5, 0.6) is 0 Å². The van der Waals surface area contributed by atoms with Gasteiger partial charge in [-0.1, -0.05) is 97.1 Å². The predicted octanol–water partition coefficient (Wildman–Crippen LogP) is 9.46. The molecule has 0 aliphatic rings. The van der Waals surface area contributed by atoms with Gasteiger partial charge in [-0.25, -0.2) is 0 Å². The molecule has 0 N–H and O–H groups in total. The maximum Gasteiger partial charge on any atom is 0.0720 e. The Morgan fingerprint density at radius 2 is 1.00 bits per heavy atom. The van der Waals surface area contributed by atoms with Crippen LogP contribution in [0, 0.1) is 0 Å². The summed E-state index contributed by atoms with van der Waals surface area (Å²) < 4.78 is 5.20. The maximum absolute atomic E-state index is 2.51. The number of hydrogen-bond acceptors (Lipinski definition) is 1. The van der Waals surface area contributed by atoms with Crippen molar-refractivity contribution in [2.24, 2.45) is 0 Å². The lowest BCUT2D eigenvalue weighted by molar-refractivity contribution is 1.19. The van der Waals surface area contributed by atoms with Crippen LogP contribution in [-0.2, 0) is 0 Å². The zero-order chi connectivity index (χ0) is 22.2. The number of hydrogen-bond donors (Lipinski definition) is 0. The van der Waals surface area contributed by atoms with E-state index in [1.54, 1.807) is 0 Å². The molecule has 8 rings (SSSR count). The molecule has 2 heterocycles. The van der Waals surface area contributed by atoms with Gasteiger partial charge in [0.2, 0.25) is 0 Å². The summed E-state index contributed by atoms with van der Waals surface area (Å²) in [5.41, 5.74) is 3.80. The number of benzene rings is 6. The molecule has 0 radical (unpaired) electrons. The third-order valence-corrected chi connectivity index (χ3v) is 8.35. The number of para-hydroxylation sites is 1. The lowest BCUT2D eigenvalue weighted by atomic mass is 9.96. The van der Waals surface area contributed by atoms with E-state index >= 15 is 0 Å². The molecule has 158 valence electrons. The van der Waals surface area contributed by atoms with E-state index in [9.17, 15) is 0 Å². The monoisotopic (exact) mass is 449 g/mol. The van der Waals surface area contributed by atoms with Gasteiger partial charge in [0.05, 0.1) is 15.7 Å². The van der Waals surface area contributed by atoms with Crippen molar-refractivity contribution in [3.8, 4) is 5.69 Å². The molecule has 0 fully saturated rings. The average Bonchev–Trinajstić information content (AvgIpc) is 3.46. The van der Waals surface area contributed by atoms with Crippen LogP contribution in [0.1, 0.15) is 0 Å². The van der Waals surface area contributed by atoms with E-state index in [-0.39, 0.29) is 0 Å². The van der Waals surface area contributed by atoms with Gasteiger partial charge in [-0.3, -0.25) is 0 Å².